The molecule has 2 nitrogen and oxygen atoms in total. The van der Waals surface area contributed by atoms with Crippen LogP contribution in [0.15, 0.2) is 18.2 Å². The fourth-order valence-electron chi connectivity index (χ4n) is 1.67. The molecule has 1 aliphatic rings. The summed E-state index contributed by atoms with van der Waals surface area (Å²) in [6.45, 7) is 1.83. The van der Waals surface area contributed by atoms with E-state index in [4.69, 9.17) is 27.9 Å². The Bertz CT molecular complexity index is 350. The average Bonchev–Trinajstić information content (AvgIpc) is 2.18. The van der Waals surface area contributed by atoms with Crippen molar-refractivity contribution in [2.24, 2.45) is 0 Å². The first-order valence-electron chi connectivity index (χ1n) is 4.86. The largest absolute Gasteiger partial charge is 0.378 e. The molecule has 4 heteroatoms. The molecule has 0 radical (unpaired) electrons. The minimum atomic E-state index is 0.341. The van der Waals surface area contributed by atoms with Crippen LogP contribution in [0, 0.1) is 0 Å². The van der Waals surface area contributed by atoms with Gasteiger partial charge in [0, 0.05) is 26.1 Å². The van der Waals surface area contributed by atoms with E-state index in [1.165, 1.54) is 0 Å². The van der Waals surface area contributed by atoms with E-state index >= 15 is 0 Å². The maximum Gasteiger partial charge on any atom is 0.0920 e. The van der Waals surface area contributed by atoms with E-state index in [0.717, 1.165) is 29.4 Å². The van der Waals surface area contributed by atoms with E-state index in [2.05, 4.69) is 4.90 Å². The number of nitrogens with zero attached hydrogens (tertiary/aromatic N) is 1. The van der Waals surface area contributed by atoms with Crippen LogP contribution in [-0.2, 0) is 10.6 Å². The Labute approximate surface area is 99.7 Å². The summed E-state index contributed by atoms with van der Waals surface area (Å²) in [6, 6.07) is 5.95. The third-order valence-corrected chi connectivity index (χ3v) is 3.30. The fourth-order valence-corrected chi connectivity index (χ4v) is 2.16. The standard InChI is InChI=1S/C11H13Cl2NO/c1-15-9-6-14(7-9)11-3-2-8(5-12)4-10(11)13/h2-4,9H,5-7H2,1H3. The van der Waals surface area contributed by atoms with Crippen LogP contribution >= 0.6 is 23.2 Å². The van der Waals surface area contributed by atoms with Crippen molar-refractivity contribution in [1.29, 1.82) is 0 Å². The average molecular weight is 246 g/mol. The molecule has 0 amide bonds. The van der Waals surface area contributed by atoms with Gasteiger partial charge in [-0.1, -0.05) is 17.7 Å². The van der Waals surface area contributed by atoms with Gasteiger partial charge < -0.3 is 9.64 Å². The third kappa shape index (κ3) is 2.22. The molecule has 0 N–H and O–H groups in total. The van der Waals surface area contributed by atoms with Gasteiger partial charge >= 0.3 is 0 Å². The summed E-state index contributed by atoms with van der Waals surface area (Å²) in [4.78, 5) is 2.20. The summed E-state index contributed by atoms with van der Waals surface area (Å²) in [5.41, 5.74) is 2.12. The number of methoxy groups -OCH3 is 1. The van der Waals surface area contributed by atoms with Crippen molar-refractivity contribution in [2.75, 3.05) is 25.1 Å². The molecule has 1 heterocycles. The maximum atomic E-state index is 6.17. The van der Waals surface area contributed by atoms with Crippen molar-refractivity contribution in [3.8, 4) is 0 Å². The van der Waals surface area contributed by atoms with Crippen LogP contribution in [0.25, 0.3) is 0 Å². The summed E-state index contributed by atoms with van der Waals surface area (Å²) in [7, 11) is 1.74. The first kappa shape index (κ1) is 11.1. The predicted octanol–water partition coefficient (Wildman–Crippen LogP) is 2.91. The molecule has 0 atom stereocenters. The van der Waals surface area contributed by atoms with Gasteiger partial charge in [0.1, 0.15) is 0 Å². The van der Waals surface area contributed by atoms with E-state index in [1.54, 1.807) is 7.11 Å². The van der Waals surface area contributed by atoms with E-state index in [1.807, 2.05) is 18.2 Å². The molecule has 0 aromatic heterocycles. The second kappa shape index (κ2) is 4.60. The molecule has 0 unspecified atom stereocenters. The number of halogens is 2. The Balaban J connectivity index is 2.10. The quantitative estimate of drug-likeness (QED) is 0.760. The Hall–Kier alpha value is -0.440. The van der Waals surface area contributed by atoms with Gasteiger partial charge in [-0.25, -0.2) is 0 Å². The van der Waals surface area contributed by atoms with Crippen LogP contribution in [-0.4, -0.2) is 26.3 Å². The number of rotatable bonds is 3. The third-order valence-electron chi connectivity index (χ3n) is 2.69. The molecule has 1 aliphatic heterocycles. The van der Waals surface area contributed by atoms with E-state index in [9.17, 15) is 0 Å². The lowest BCUT2D eigenvalue weighted by molar-refractivity contribution is 0.0788. The van der Waals surface area contributed by atoms with Gasteiger partial charge in [-0.05, 0) is 17.7 Å². The van der Waals surface area contributed by atoms with Crippen LogP contribution in [0.4, 0.5) is 5.69 Å². The minimum Gasteiger partial charge on any atom is -0.378 e. The van der Waals surface area contributed by atoms with E-state index in [-0.39, 0.29) is 0 Å². The second-order valence-corrected chi connectivity index (χ2v) is 4.36. The Morgan fingerprint density at radius 3 is 2.73 bits per heavy atom. The number of anilines is 1. The van der Waals surface area contributed by atoms with Crippen molar-refractivity contribution < 1.29 is 4.74 Å². The Morgan fingerprint density at radius 1 is 1.47 bits per heavy atom. The van der Waals surface area contributed by atoms with Gasteiger partial charge in [0.05, 0.1) is 16.8 Å². The molecule has 1 aromatic rings. The van der Waals surface area contributed by atoms with E-state index < -0.39 is 0 Å². The van der Waals surface area contributed by atoms with Gasteiger partial charge in [0.25, 0.3) is 0 Å². The molecule has 15 heavy (non-hydrogen) atoms. The highest BCUT2D eigenvalue weighted by Crippen LogP contribution is 2.31. The molecular formula is C11H13Cl2NO. The van der Waals surface area contributed by atoms with Gasteiger partial charge in [0.15, 0.2) is 0 Å². The first-order valence-corrected chi connectivity index (χ1v) is 5.78. The number of hydrogen-bond donors (Lipinski definition) is 0. The second-order valence-electron chi connectivity index (χ2n) is 3.68. The summed E-state index contributed by atoms with van der Waals surface area (Å²) < 4.78 is 5.22. The van der Waals surface area contributed by atoms with Gasteiger partial charge in [-0.2, -0.15) is 0 Å². The zero-order valence-electron chi connectivity index (χ0n) is 8.54. The van der Waals surface area contributed by atoms with Crippen LogP contribution < -0.4 is 4.90 Å². The van der Waals surface area contributed by atoms with Crippen molar-refractivity contribution in [2.45, 2.75) is 12.0 Å². The number of alkyl halides is 1. The molecule has 1 fully saturated rings. The molecule has 0 bridgehead atoms. The summed E-state index contributed by atoms with van der Waals surface area (Å²) in [5.74, 6) is 0.501. The fraction of sp³-hybridized carbons (Fsp3) is 0.455. The smallest absolute Gasteiger partial charge is 0.0920 e. The van der Waals surface area contributed by atoms with Crippen molar-refractivity contribution in [3.05, 3.63) is 28.8 Å². The van der Waals surface area contributed by atoms with Gasteiger partial charge in [0.2, 0.25) is 0 Å². The van der Waals surface area contributed by atoms with E-state index in [0.29, 0.717) is 12.0 Å². The predicted molar refractivity (Wildman–Crippen MR) is 64.0 cm³/mol. The highest BCUT2D eigenvalue weighted by molar-refractivity contribution is 6.33. The van der Waals surface area contributed by atoms with Gasteiger partial charge in [-0.3, -0.25) is 0 Å². The number of hydrogen-bond acceptors (Lipinski definition) is 2. The lowest BCUT2D eigenvalue weighted by atomic mass is 10.1. The lowest BCUT2D eigenvalue weighted by Crippen LogP contribution is -2.52. The molecule has 0 aliphatic carbocycles. The minimum absolute atomic E-state index is 0.341. The Kier molecular flexibility index (Phi) is 3.39. The Morgan fingerprint density at radius 2 is 2.20 bits per heavy atom. The highest BCUT2D eigenvalue weighted by atomic mass is 35.5. The maximum absolute atomic E-state index is 6.17. The van der Waals surface area contributed by atoms with Crippen LogP contribution in [0.5, 0.6) is 0 Å². The first-order chi connectivity index (χ1) is 7.24. The zero-order chi connectivity index (χ0) is 10.8. The summed E-state index contributed by atoms with van der Waals surface area (Å²) >= 11 is 11.9. The zero-order valence-corrected chi connectivity index (χ0v) is 10.1. The highest BCUT2D eigenvalue weighted by Gasteiger charge is 2.27. The molecule has 2 rings (SSSR count). The molecule has 1 aromatic carbocycles. The SMILES string of the molecule is COC1CN(c2ccc(CCl)cc2Cl)C1. The molecular weight excluding hydrogens is 233 g/mol. The van der Waals surface area contributed by atoms with Crippen molar-refractivity contribution >= 4 is 28.9 Å². The molecule has 0 spiro atoms. The van der Waals surface area contributed by atoms with Crippen molar-refractivity contribution in [1.82, 2.24) is 0 Å². The molecule has 1 saturated heterocycles. The van der Waals surface area contributed by atoms with Gasteiger partial charge in [-0.15, -0.1) is 11.6 Å². The van der Waals surface area contributed by atoms with Crippen LogP contribution in [0.2, 0.25) is 5.02 Å². The topological polar surface area (TPSA) is 12.5 Å². The summed E-state index contributed by atoms with van der Waals surface area (Å²) in [5, 5.41) is 0.766. The van der Waals surface area contributed by atoms with Crippen LogP contribution in [0.3, 0.4) is 0 Å². The summed E-state index contributed by atoms with van der Waals surface area (Å²) in [6.07, 6.45) is 0.341. The normalized spacial score (nSPS) is 16.6. The molecule has 0 saturated carbocycles. The lowest BCUT2D eigenvalue weighted by Gasteiger charge is -2.40. The van der Waals surface area contributed by atoms with Crippen LogP contribution in [0.1, 0.15) is 5.56 Å². The van der Waals surface area contributed by atoms with Crippen molar-refractivity contribution in [3.63, 3.8) is 0 Å². The monoisotopic (exact) mass is 245 g/mol. The molecule has 82 valence electrons. The number of benzene rings is 1. The number of ether oxygens (including phenoxy) is 1.